The van der Waals surface area contributed by atoms with Gasteiger partial charge in [-0.1, -0.05) is 22.0 Å². The second-order valence-corrected chi connectivity index (χ2v) is 8.17. The molecule has 2 saturated heterocycles. The molecule has 2 fully saturated rings. The van der Waals surface area contributed by atoms with E-state index in [1.165, 1.54) is 30.4 Å². The molecule has 0 spiro atoms. The zero-order valence-corrected chi connectivity index (χ0v) is 17.7. The molecular weight excluding hydrogens is 480 g/mol. The summed E-state index contributed by atoms with van der Waals surface area (Å²) < 4.78 is 16.5. The van der Waals surface area contributed by atoms with E-state index in [0.717, 1.165) is 18.7 Å². The monoisotopic (exact) mass is 494 g/mol. The van der Waals surface area contributed by atoms with Crippen LogP contribution >= 0.6 is 15.9 Å². The first-order chi connectivity index (χ1) is 14.6. The predicted molar refractivity (Wildman–Crippen MR) is 104 cm³/mol. The zero-order valence-electron chi connectivity index (χ0n) is 16.1. The number of hydrogen-bond acceptors (Lipinski definition) is 9. The lowest BCUT2D eigenvalue weighted by Crippen LogP contribution is -2.52. The molecule has 2 bridgehead atoms. The number of anilines is 1. The van der Waals surface area contributed by atoms with Gasteiger partial charge in [-0.25, -0.2) is 4.90 Å². The highest BCUT2D eigenvalue weighted by atomic mass is 79.9. The Bertz CT molecular complexity index is 1050. The van der Waals surface area contributed by atoms with E-state index in [9.17, 15) is 29.3 Å². The predicted octanol–water partition coefficient (Wildman–Crippen LogP) is 1.62. The maximum atomic E-state index is 13.4. The summed E-state index contributed by atoms with van der Waals surface area (Å²) >= 11 is 3.13. The molecule has 31 heavy (non-hydrogen) atoms. The number of benzene rings is 1. The molecule has 0 saturated carbocycles. The standard InChI is InChI=1S/C19H15BrN2O9/c1-8(23)29-18(30-9(2)24)19-6-5-13(31-19)14-15(19)17(26)21(16(14)25)11-4-3-10(20)7-12(11)22(27)28/h3-7,13-15,18H,1-2H3/t13-,14+,15-,19+/m1/s1. The van der Waals surface area contributed by atoms with Crippen LogP contribution in [0.2, 0.25) is 0 Å². The molecule has 162 valence electrons. The van der Waals surface area contributed by atoms with Gasteiger partial charge in [0, 0.05) is 24.4 Å². The minimum absolute atomic E-state index is 0.191. The number of nitro benzene ring substituents is 1. The highest BCUT2D eigenvalue weighted by molar-refractivity contribution is 9.10. The number of ether oxygens (including phenoxy) is 3. The number of nitro groups is 1. The molecule has 0 unspecified atom stereocenters. The molecule has 0 aliphatic carbocycles. The van der Waals surface area contributed by atoms with Gasteiger partial charge in [0.15, 0.2) is 5.60 Å². The number of rotatable bonds is 5. The van der Waals surface area contributed by atoms with Crippen molar-refractivity contribution < 1.29 is 38.3 Å². The Morgan fingerprint density at radius 1 is 1.23 bits per heavy atom. The number of nitrogens with zero attached hydrogens (tertiary/aromatic N) is 2. The van der Waals surface area contributed by atoms with E-state index < -0.39 is 64.2 Å². The van der Waals surface area contributed by atoms with Crippen LogP contribution in [0, 0.1) is 22.0 Å². The van der Waals surface area contributed by atoms with Crippen molar-refractivity contribution in [3.8, 4) is 0 Å². The molecule has 12 heteroatoms. The van der Waals surface area contributed by atoms with Gasteiger partial charge in [-0.05, 0) is 18.2 Å². The number of carbonyl (C=O) groups is 4. The fourth-order valence-corrected chi connectivity index (χ4v) is 4.64. The Labute approximate surface area is 183 Å². The lowest BCUT2D eigenvalue weighted by molar-refractivity contribution is -0.384. The van der Waals surface area contributed by atoms with Crippen LogP contribution in [0.15, 0.2) is 34.8 Å². The van der Waals surface area contributed by atoms with Crippen molar-refractivity contribution in [2.45, 2.75) is 31.8 Å². The van der Waals surface area contributed by atoms with Crippen LogP contribution in [0.5, 0.6) is 0 Å². The van der Waals surface area contributed by atoms with Gasteiger partial charge in [-0.15, -0.1) is 0 Å². The molecule has 0 N–H and O–H groups in total. The van der Waals surface area contributed by atoms with E-state index in [1.807, 2.05) is 0 Å². The Morgan fingerprint density at radius 3 is 2.45 bits per heavy atom. The Morgan fingerprint density at radius 2 is 1.87 bits per heavy atom. The van der Waals surface area contributed by atoms with Crippen LogP contribution in [0.1, 0.15) is 13.8 Å². The Kier molecular flexibility index (Phi) is 4.93. The summed E-state index contributed by atoms with van der Waals surface area (Å²) in [6.07, 6.45) is 0.483. The maximum Gasteiger partial charge on any atom is 0.305 e. The van der Waals surface area contributed by atoms with Gasteiger partial charge >= 0.3 is 11.9 Å². The molecule has 0 radical (unpaired) electrons. The summed E-state index contributed by atoms with van der Waals surface area (Å²) in [5, 5.41) is 11.5. The van der Waals surface area contributed by atoms with Crippen LogP contribution in [-0.2, 0) is 33.4 Å². The van der Waals surface area contributed by atoms with Gasteiger partial charge < -0.3 is 14.2 Å². The molecule has 0 aromatic heterocycles. The van der Waals surface area contributed by atoms with Crippen molar-refractivity contribution in [3.05, 3.63) is 44.9 Å². The maximum absolute atomic E-state index is 13.4. The smallest absolute Gasteiger partial charge is 0.305 e. The topological polar surface area (TPSA) is 142 Å². The number of fused-ring (bicyclic) bond motifs is 5. The van der Waals surface area contributed by atoms with Crippen LogP contribution in [0.25, 0.3) is 0 Å². The summed E-state index contributed by atoms with van der Waals surface area (Å²) in [6.45, 7) is 2.18. The first kappa shape index (κ1) is 21.1. The van der Waals surface area contributed by atoms with E-state index >= 15 is 0 Å². The first-order valence-corrected chi connectivity index (χ1v) is 9.89. The fraction of sp³-hybridized carbons (Fsp3) is 0.368. The molecule has 3 aliphatic rings. The van der Waals surface area contributed by atoms with Gasteiger partial charge in [-0.3, -0.25) is 29.3 Å². The summed E-state index contributed by atoms with van der Waals surface area (Å²) in [5.74, 6) is -5.28. The fourth-order valence-electron chi connectivity index (χ4n) is 4.29. The second kappa shape index (κ2) is 7.24. The van der Waals surface area contributed by atoms with E-state index in [4.69, 9.17) is 14.2 Å². The third-order valence-corrected chi connectivity index (χ3v) is 5.86. The van der Waals surface area contributed by atoms with Crippen molar-refractivity contribution in [1.82, 2.24) is 0 Å². The molecule has 4 rings (SSSR count). The number of carbonyl (C=O) groups excluding carboxylic acids is 4. The molecule has 3 heterocycles. The second-order valence-electron chi connectivity index (χ2n) is 7.25. The van der Waals surface area contributed by atoms with Gasteiger partial charge in [0.1, 0.15) is 5.69 Å². The van der Waals surface area contributed by atoms with E-state index in [1.54, 1.807) is 0 Å². The van der Waals surface area contributed by atoms with E-state index in [-0.39, 0.29) is 5.69 Å². The molecule has 11 nitrogen and oxygen atoms in total. The summed E-state index contributed by atoms with van der Waals surface area (Å²) in [5.41, 5.74) is -2.36. The van der Waals surface area contributed by atoms with Gasteiger partial charge in [0.05, 0.1) is 22.9 Å². The van der Waals surface area contributed by atoms with Gasteiger partial charge in [0.2, 0.25) is 11.8 Å². The quantitative estimate of drug-likeness (QED) is 0.149. The SMILES string of the molecule is CC(=O)OC(OC(C)=O)[C@@]12C=C[C@@H](O1)[C@@H]1C(=O)N(c3ccc(Br)cc3[N+](=O)[O-])C(=O)[C@@H]12. The minimum atomic E-state index is -1.72. The van der Waals surface area contributed by atoms with Crippen LogP contribution in [-0.4, -0.2) is 46.7 Å². The van der Waals surface area contributed by atoms with E-state index in [0.29, 0.717) is 4.47 Å². The third-order valence-electron chi connectivity index (χ3n) is 5.37. The number of halogens is 1. The van der Waals surface area contributed by atoms with Crippen molar-refractivity contribution in [2.24, 2.45) is 11.8 Å². The molecule has 3 aliphatic heterocycles. The average Bonchev–Trinajstić information content (AvgIpc) is 3.32. The lowest BCUT2D eigenvalue weighted by atomic mass is 9.76. The normalized spacial score (nSPS) is 28.3. The Hall–Kier alpha value is -3.12. The van der Waals surface area contributed by atoms with E-state index in [2.05, 4.69) is 15.9 Å². The van der Waals surface area contributed by atoms with Crippen molar-refractivity contribution in [2.75, 3.05) is 4.90 Å². The van der Waals surface area contributed by atoms with Crippen molar-refractivity contribution in [1.29, 1.82) is 0 Å². The average molecular weight is 495 g/mol. The highest BCUT2D eigenvalue weighted by Crippen LogP contribution is 2.55. The summed E-state index contributed by atoms with van der Waals surface area (Å²) in [6, 6.07) is 3.94. The molecule has 1 aromatic rings. The summed E-state index contributed by atoms with van der Waals surface area (Å²) in [4.78, 5) is 61.4. The molecule has 2 amide bonds. The molecule has 1 aromatic carbocycles. The van der Waals surface area contributed by atoms with Gasteiger partial charge in [0.25, 0.3) is 12.0 Å². The van der Waals surface area contributed by atoms with Crippen LogP contribution in [0.3, 0.4) is 0 Å². The zero-order chi connectivity index (χ0) is 22.7. The molecular formula is C19H15BrN2O9. The Balaban J connectivity index is 1.79. The lowest BCUT2D eigenvalue weighted by Gasteiger charge is -2.34. The number of imide groups is 1. The van der Waals surface area contributed by atoms with Crippen molar-refractivity contribution >= 4 is 51.1 Å². The minimum Gasteiger partial charge on any atom is -0.422 e. The van der Waals surface area contributed by atoms with Crippen molar-refractivity contribution in [3.63, 3.8) is 0 Å². The third kappa shape index (κ3) is 3.13. The van der Waals surface area contributed by atoms with Gasteiger partial charge in [-0.2, -0.15) is 0 Å². The number of amides is 2. The first-order valence-electron chi connectivity index (χ1n) is 9.10. The number of esters is 2. The highest BCUT2D eigenvalue weighted by Gasteiger charge is 2.72. The largest absolute Gasteiger partial charge is 0.422 e. The van der Waals surface area contributed by atoms with Crippen LogP contribution < -0.4 is 4.90 Å². The summed E-state index contributed by atoms with van der Waals surface area (Å²) in [7, 11) is 0. The number of hydrogen-bond donors (Lipinski definition) is 0. The molecule has 4 atom stereocenters. The van der Waals surface area contributed by atoms with Crippen LogP contribution in [0.4, 0.5) is 11.4 Å².